The molecule has 0 bridgehead atoms. The molecule has 0 saturated carbocycles. The van der Waals surface area contributed by atoms with Gasteiger partial charge in [-0.25, -0.2) is 0 Å². The molecule has 2 nitrogen and oxygen atoms in total. The third kappa shape index (κ3) is 10.2. The van der Waals surface area contributed by atoms with Gasteiger partial charge in [-0.3, -0.25) is 0 Å². The summed E-state index contributed by atoms with van der Waals surface area (Å²) in [5.41, 5.74) is 0.373. The van der Waals surface area contributed by atoms with Gasteiger partial charge in [-0.05, 0) is 25.3 Å². The number of unbranched alkanes of at least 4 members (excludes halogenated alkanes) is 1. The molecule has 0 aliphatic heterocycles. The van der Waals surface area contributed by atoms with Gasteiger partial charge in [-0.1, -0.05) is 40.5 Å². The van der Waals surface area contributed by atoms with Gasteiger partial charge < -0.3 is 10.1 Å². The van der Waals surface area contributed by atoms with E-state index in [4.69, 9.17) is 4.74 Å². The lowest BCUT2D eigenvalue weighted by atomic mass is 9.87. The molecule has 0 aliphatic rings. The fourth-order valence-corrected chi connectivity index (χ4v) is 1.69. The van der Waals surface area contributed by atoms with Crippen molar-refractivity contribution < 1.29 is 4.74 Å². The summed E-state index contributed by atoms with van der Waals surface area (Å²) in [5, 5.41) is 3.12. The molecule has 0 aliphatic carbocycles. The highest BCUT2D eigenvalue weighted by Gasteiger charge is 2.18. The van der Waals surface area contributed by atoms with E-state index in [9.17, 15) is 0 Å². The maximum atomic E-state index is 5.90. The van der Waals surface area contributed by atoms with Crippen LogP contribution in [0.1, 0.15) is 53.4 Å². The van der Waals surface area contributed by atoms with Crippen LogP contribution in [0, 0.1) is 5.41 Å². The van der Waals surface area contributed by atoms with Gasteiger partial charge in [0.25, 0.3) is 0 Å². The van der Waals surface area contributed by atoms with Gasteiger partial charge >= 0.3 is 0 Å². The molecule has 0 rings (SSSR count). The van der Waals surface area contributed by atoms with Crippen LogP contribution < -0.4 is 5.32 Å². The Hall–Kier alpha value is -0.0800. The second kappa shape index (κ2) is 8.12. The van der Waals surface area contributed by atoms with E-state index < -0.39 is 0 Å². The van der Waals surface area contributed by atoms with E-state index in [2.05, 4.69) is 33.0 Å². The molecule has 0 radical (unpaired) electrons. The van der Waals surface area contributed by atoms with Crippen molar-refractivity contribution in [2.45, 2.75) is 59.5 Å². The van der Waals surface area contributed by atoms with Crippen LogP contribution in [0.4, 0.5) is 0 Å². The second-order valence-electron chi connectivity index (χ2n) is 5.50. The van der Waals surface area contributed by atoms with E-state index in [1.807, 2.05) is 7.05 Å². The van der Waals surface area contributed by atoms with Crippen molar-refractivity contribution in [2.24, 2.45) is 5.41 Å². The van der Waals surface area contributed by atoms with E-state index in [1.165, 1.54) is 19.3 Å². The van der Waals surface area contributed by atoms with Crippen molar-refractivity contribution in [2.75, 3.05) is 20.2 Å². The minimum Gasteiger partial charge on any atom is -0.377 e. The molecule has 0 fully saturated rings. The molecule has 92 valence electrons. The zero-order chi connectivity index (χ0) is 11.7. The quantitative estimate of drug-likeness (QED) is 0.628. The maximum absolute atomic E-state index is 5.90. The number of hydrogen-bond acceptors (Lipinski definition) is 2. The van der Waals surface area contributed by atoms with Crippen LogP contribution in [0.15, 0.2) is 0 Å². The lowest BCUT2D eigenvalue weighted by molar-refractivity contribution is 0.0215. The minimum atomic E-state index is 0.373. The van der Waals surface area contributed by atoms with E-state index in [-0.39, 0.29) is 0 Å². The van der Waals surface area contributed by atoms with E-state index in [1.54, 1.807) is 0 Å². The van der Waals surface area contributed by atoms with Crippen LogP contribution in [-0.2, 0) is 4.74 Å². The van der Waals surface area contributed by atoms with Crippen molar-refractivity contribution in [1.82, 2.24) is 5.32 Å². The van der Waals surface area contributed by atoms with Crippen molar-refractivity contribution >= 4 is 0 Å². The molecule has 15 heavy (non-hydrogen) atoms. The van der Waals surface area contributed by atoms with Gasteiger partial charge in [0.2, 0.25) is 0 Å². The molecule has 0 amide bonds. The normalized spacial score (nSPS) is 14.2. The fraction of sp³-hybridized carbons (Fsp3) is 1.00. The van der Waals surface area contributed by atoms with Gasteiger partial charge in [0.15, 0.2) is 0 Å². The second-order valence-corrected chi connectivity index (χ2v) is 5.50. The molecule has 1 unspecified atom stereocenters. The van der Waals surface area contributed by atoms with Crippen molar-refractivity contribution in [3.63, 3.8) is 0 Å². The van der Waals surface area contributed by atoms with E-state index in [0.717, 1.165) is 19.6 Å². The Morgan fingerprint density at radius 3 is 2.40 bits per heavy atom. The molecule has 0 heterocycles. The molecule has 0 aromatic rings. The van der Waals surface area contributed by atoms with Crippen molar-refractivity contribution in [3.8, 4) is 0 Å². The Bertz CT molecular complexity index is 140. The largest absolute Gasteiger partial charge is 0.377 e. The highest BCUT2D eigenvalue weighted by atomic mass is 16.5. The topological polar surface area (TPSA) is 21.3 Å². The Balaban J connectivity index is 3.84. The highest BCUT2D eigenvalue weighted by molar-refractivity contribution is 4.69. The van der Waals surface area contributed by atoms with Crippen LogP contribution in [0.3, 0.4) is 0 Å². The summed E-state index contributed by atoms with van der Waals surface area (Å²) in [5.74, 6) is 0. The predicted molar refractivity (Wildman–Crippen MR) is 67.3 cm³/mol. The van der Waals surface area contributed by atoms with Gasteiger partial charge in [-0.2, -0.15) is 0 Å². The maximum Gasteiger partial charge on any atom is 0.0594 e. The van der Waals surface area contributed by atoms with Crippen LogP contribution >= 0.6 is 0 Å². The first kappa shape index (κ1) is 14.9. The molecule has 0 spiro atoms. The SMILES string of the molecule is CCCCC(CC(C)(C)C)OCCNC. The van der Waals surface area contributed by atoms with Gasteiger partial charge in [-0.15, -0.1) is 0 Å². The third-order valence-corrected chi connectivity index (χ3v) is 2.43. The molecular weight excluding hydrogens is 186 g/mol. The van der Waals surface area contributed by atoms with Crippen molar-refractivity contribution in [1.29, 1.82) is 0 Å². The minimum absolute atomic E-state index is 0.373. The summed E-state index contributed by atoms with van der Waals surface area (Å²) in [6, 6.07) is 0. The number of nitrogens with one attached hydrogen (secondary N) is 1. The monoisotopic (exact) mass is 215 g/mol. The predicted octanol–water partition coefficient (Wildman–Crippen LogP) is 3.22. The average molecular weight is 215 g/mol. The Kier molecular flexibility index (Phi) is 8.07. The first-order valence-electron chi connectivity index (χ1n) is 6.26. The zero-order valence-corrected chi connectivity index (χ0v) is 11.2. The average Bonchev–Trinajstić information content (AvgIpc) is 2.12. The van der Waals surface area contributed by atoms with Gasteiger partial charge in [0.1, 0.15) is 0 Å². The smallest absolute Gasteiger partial charge is 0.0594 e. The van der Waals surface area contributed by atoms with Gasteiger partial charge in [0.05, 0.1) is 12.7 Å². The highest BCUT2D eigenvalue weighted by Crippen LogP contribution is 2.24. The molecule has 2 heteroatoms. The molecule has 1 atom stereocenters. The molecule has 0 aromatic heterocycles. The first-order chi connectivity index (χ1) is 6.99. The number of ether oxygens (including phenoxy) is 1. The van der Waals surface area contributed by atoms with Crippen molar-refractivity contribution in [3.05, 3.63) is 0 Å². The Labute approximate surface area is 95.8 Å². The molecule has 0 saturated heterocycles. The van der Waals surface area contributed by atoms with Crippen LogP contribution in [0.5, 0.6) is 0 Å². The fourth-order valence-electron chi connectivity index (χ4n) is 1.69. The molecular formula is C13H29NO. The summed E-state index contributed by atoms with van der Waals surface area (Å²) in [6.45, 7) is 10.9. The molecule has 1 N–H and O–H groups in total. The van der Waals surface area contributed by atoms with Crippen LogP contribution in [0.2, 0.25) is 0 Å². The number of likely N-dealkylation sites (N-methyl/N-ethyl adjacent to an activating group) is 1. The third-order valence-electron chi connectivity index (χ3n) is 2.43. The number of rotatable bonds is 8. The zero-order valence-electron chi connectivity index (χ0n) is 11.2. The summed E-state index contributed by atoms with van der Waals surface area (Å²) in [7, 11) is 1.97. The molecule has 0 aromatic carbocycles. The van der Waals surface area contributed by atoms with Gasteiger partial charge in [0, 0.05) is 6.54 Å². The standard InChI is InChI=1S/C13H29NO/c1-6-7-8-12(11-13(2,3)4)15-10-9-14-5/h12,14H,6-11H2,1-5H3. The summed E-state index contributed by atoms with van der Waals surface area (Å²) in [4.78, 5) is 0. The van der Waals surface area contributed by atoms with E-state index in [0.29, 0.717) is 11.5 Å². The first-order valence-corrected chi connectivity index (χ1v) is 6.26. The van der Waals surface area contributed by atoms with Crippen LogP contribution in [0.25, 0.3) is 0 Å². The summed E-state index contributed by atoms with van der Waals surface area (Å²) >= 11 is 0. The lowest BCUT2D eigenvalue weighted by Gasteiger charge is -2.26. The Morgan fingerprint density at radius 1 is 1.27 bits per heavy atom. The lowest BCUT2D eigenvalue weighted by Crippen LogP contribution is -2.24. The summed E-state index contributed by atoms with van der Waals surface area (Å²) < 4.78 is 5.90. The van der Waals surface area contributed by atoms with Crippen LogP contribution in [-0.4, -0.2) is 26.3 Å². The Morgan fingerprint density at radius 2 is 1.93 bits per heavy atom. The number of hydrogen-bond donors (Lipinski definition) is 1. The van der Waals surface area contributed by atoms with E-state index >= 15 is 0 Å². The summed E-state index contributed by atoms with van der Waals surface area (Å²) in [6.07, 6.45) is 5.35.